The molecule has 0 aliphatic carbocycles. The molecular formula is C17H21NS. The van der Waals surface area contributed by atoms with E-state index in [0.717, 1.165) is 0 Å². The molecule has 100 valence electrons. The van der Waals surface area contributed by atoms with Gasteiger partial charge in [-0.2, -0.15) is 0 Å². The van der Waals surface area contributed by atoms with Crippen molar-refractivity contribution in [2.24, 2.45) is 0 Å². The maximum atomic E-state index is 3.26. The Hall–Kier alpha value is -1.54. The van der Waals surface area contributed by atoms with Crippen molar-refractivity contribution in [3.63, 3.8) is 0 Å². The van der Waals surface area contributed by atoms with Crippen LogP contribution in [0.3, 0.4) is 0 Å². The van der Waals surface area contributed by atoms with Crippen LogP contribution in [0.4, 0.5) is 0 Å². The molecule has 1 nitrogen and oxygen atoms in total. The summed E-state index contributed by atoms with van der Waals surface area (Å²) in [4.78, 5) is 6.07. The Morgan fingerprint density at radius 2 is 1.79 bits per heavy atom. The van der Waals surface area contributed by atoms with Crippen molar-refractivity contribution < 1.29 is 0 Å². The summed E-state index contributed by atoms with van der Waals surface area (Å²) in [5.74, 6) is 0.614. The topological polar surface area (TPSA) is 15.8 Å². The molecule has 0 amide bonds. The largest absolute Gasteiger partial charge is 0.361 e. The summed E-state index contributed by atoms with van der Waals surface area (Å²) in [6.45, 7) is 8.48. The van der Waals surface area contributed by atoms with Crippen LogP contribution in [-0.4, -0.2) is 4.98 Å². The Morgan fingerprint density at radius 3 is 2.47 bits per heavy atom. The maximum Gasteiger partial charge on any atom is 0.0460 e. The maximum absolute atomic E-state index is 3.26. The predicted molar refractivity (Wildman–Crippen MR) is 87.0 cm³/mol. The lowest BCUT2D eigenvalue weighted by Gasteiger charge is -2.00. The van der Waals surface area contributed by atoms with E-state index in [-0.39, 0.29) is 0 Å². The molecule has 0 spiro atoms. The van der Waals surface area contributed by atoms with Crippen molar-refractivity contribution in [1.82, 2.24) is 4.98 Å². The number of aromatic nitrogens is 1. The molecule has 2 aromatic heterocycles. The van der Waals surface area contributed by atoms with E-state index in [1.165, 1.54) is 26.2 Å². The zero-order valence-corrected chi connectivity index (χ0v) is 12.8. The third-order valence-electron chi connectivity index (χ3n) is 3.04. The van der Waals surface area contributed by atoms with Gasteiger partial charge in [-0.05, 0) is 41.1 Å². The molecule has 0 fully saturated rings. The quantitative estimate of drug-likeness (QED) is 0.584. The SMILES string of the molecule is CC.CC(C)c1ccc(-c2ccc3cc[nH]c3c2)s1. The third-order valence-corrected chi connectivity index (χ3v) is 4.47. The van der Waals surface area contributed by atoms with Gasteiger partial charge in [-0.15, -0.1) is 11.3 Å². The van der Waals surface area contributed by atoms with Crippen LogP contribution in [0.2, 0.25) is 0 Å². The Morgan fingerprint density at radius 1 is 1.00 bits per heavy atom. The molecule has 0 bridgehead atoms. The average Bonchev–Trinajstić information content (AvgIpc) is 3.09. The first-order valence-corrected chi connectivity index (χ1v) is 7.73. The van der Waals surface area contributed by atoms with Crippen LogP contribution < -0.4 is 0 Å². The Labute approximate surface area is 119 Å². The fraction of sp³-hybridized carbons (Fsp3) is 0.294. The van der Waals surface area contributed by atoms with E-state index in [0.29, 0.717) is 5.92 Å². The molecule has 0 radical (unpaired) electrons. The smallest absolute Gasteiger partial charge is 0.0460 e. The van der Waals surface area contributed by atoms with Gasteiger partial charge in [-0.1, -0.05) is 39.8 Å². The van der Waals surface area contributed by atoms with Crippen molar-refractivity contribution in [2.75, 3.05) is 0 Å². The molecular weight excluding hydrogens is 250 g/mol. The standard InChI is InChI=1S/C15H15NS.C2H6/c1-10(2)14-5-6-15(17-14)12-4-3-11-7-8-16-13(11)9-12;1-2/h3-10,16H,1-2H3;1-2H3. The molecule has 0 saturated carbocycles. The highest BCUT2D eigenvalue weighted by molar-refractivity contribution is 7.15. The molecule has 1 N–H and O–H groups in total. The zero-order chi connectivity index (χ0) is 13.8. The van der Waals surface area contributed by atoms with Gasteiger partial charge in [0.1, 0.15) is 0 Å². The van der Waals surface area contributed by atoms with Gasteiger partial charge in [-0.25, -0.2) is 0 Å². The highest BCUT2D eigenvalue weighted by Gasteiger charge is 2.06. The van der Waals surface area contributed by atoms with E-state index < -0.39 is 0 Å². The molecule has 0 aliphatic rings. The van der Waals surface area contributed by atoms with E-state index in [4.69, 9.17) is 0 Å². The molecule has 19 heavy (non-hydrogen) atoms. The van der Waals surface area contributed by atoms with Gasteiger partial charge in [0.05, 0.1) is 0 Å². The number of aromatic amines is 1. The van der Waals surface area contributed by atoms with Crippen molar-refractivity contribution in [1.29, 1.82) is 0 Å². The van der Waals surface area contributed by atoms with Crippen LogP contribution >= 0.6 is 11.3 Å². The van der Waals surface area contributed by atoms with Crippen molar-refractivity contribution in [2.45, 2.75) is 33.6 Å². The van der Waals surface area contributed by atoms with E-state index in [9.17, 15) is 0 Å². The first-order chi connectivity index (χ1) is 9.24. The number of fused-ring (bicyclic) bond motifs is 1. The van der Waals surface area contributed by atoms with Crippen molar-refractivity contribution in [3.8, 4) is 10.4 Å². The summed E-state index contributed by atoms with van der Waals surface area (Å²) in [6, 6.07) is 13.2. The summed E-state index contributed by atoms with van der Waals surface area (Å²) in [7, 11) is 0. The Kier molecular flexibility index (Phi) is 4.43. The van der Waals surface area contributed by atoms with Gasteiger partial charge in [-0.3, -0.25) is 0 Å². The summed E-state index contributed by atoms with van der Waals surface area (Å²) in [5.41, 5.74) is 2.51. The minimum atomic E-state index is 0.614. The van der Waals surface area contributed by atoms with E-state index in [1.807, 2.05) is 31.4 Å². The minimum Gasteiger partial charge on any atom is -0.361 e. The van der Waals surface area contributed by atoms with Crippen LogP contribution in [0.25, 0.3) is 21.3 Å². The average molecular weight is 271 g/mol. The number of benzene rings is 1. The highest BCUT2D eigenvalue weighted by Crippen LogP contribution is 2.33. The lowest BCUT2D eigenvalue weighted by atomic mass is 10.1. The lowest BCUT2D eigenvalue weighted by Crippen LogP contribution is -1.77. The third kappa shape index (κ3) is 2.90. The number of nitrogens with one attached hydrogen (secondary N) is 1. The summed E-state index contributed by atoms with van der Waals surface area (Å²) in [6.07, 6.45) is 1.99. The fourth-order valence-corrected chi connectivity index (χ4v) is 3.03. The lowest BCUT2D eigenvalue weighted by molar-refractivity contribution is 0.890. The van der Waals surface area contributed by atoms with Crippen LogP contribution in [0, 0.1) is 0 Å². The second kappa shape index (κ2) is 6.07. The Bertz CT molecular complexity index is 646. The van der Waals surface area contributed by atoms with Gasteiger partial charge >= 0.3 is 0 Å². The number of hydrogen-bond donors (Lipinski definition) is 1. The summed E-state index contributed by atoms with van der Waals surface area (Å²) >= 11 is 1.89. The number of rotatable bonds is 2. The van der Waals surface area contributed by atoms with E-state index in [1.54, 1.807) is 0 Å². The summed E-state index contributed by atoms with van der Waals surface area (Å²) < 4.78 is 0. The van der Waals surface area contributed by atoms with Gasteiger partial charge in [0.2, 0.25) is 0 Å². The van der Waals surface area contributed by atoms with Gasteiger partial charge < -0.3 is 4.98 Å². The van der Waals surface area contributed by atoms with Crippen LogP contribution in [0.1, 0.15) is 38.5 Å². The molecule has 0 saturated heterocycles. The molecule has 2 heterocycles. The Balaban J connectivity index is 0.000000637. The van der Waals surface area contributed by atoms with E-state index in [2.05, 4.69) is 55.2 Å². The van der Waals surface area contributed by atoms with Gasteiger partial charge in [0.25, 0.3) is 0 Å². The van der Waals surface area contributed by atoms with Crippen LogP contribution in [0.5, 0.6) is 0 Å². The molecule has 3 aromatic rings. The second-order valence-corrected chi connectivity index (χ2v) is 5.75. The predicted octanol–water partition coefficient (Wildman–Crippen LogP) is 6.05. The number of H-pyrrole nitrogens is 1. The first kappa shape index (κ1) is 13.9. The van der Waals surface area contributed by atoms with Gasteiger partial charge in [0.15, 0.2) is 0 Å². The second-order valence-electron chi connectivity index (χ2n) is 4.64. The minimum absolute atomic E-state index is 0.614. The van der Waals surface area contributed by atoms with Crippen LogP contribution in [-0.2, 0) is 0 Å². The van der Waals surface area contributed by atoms with Crippen molar-refractivity contribution >= 4 is 22.2 Å². The highest BCUT2D eigenvalue weighted by atomic mass is 32.1. The molecule has 0 aliphatic heterocycles. The van der Waals surface area contributed by atoms with Gasteiger partial charge in [0, 0.05) is 21.5 Å². The molecule has 2 heteroatoms. The fourth-order valence-electron chi connectivity index (χ4n) is 2.02. The first-order valence-electron chi connectivity index (χ1n) is 6.91. The molecule has 3 rings (SSSR count). The number of thiophene rings is 1. The van der Waals surface area contributed by atoms with Crippen molar-refractivity contribution in [3.05, 3.63) is 47.5 Å². The molecule has 1 aromatic carbocycles. The van der Waals surface area contributed by atoms with Crippen LogP contribution in [0.15, 0.2) is 42.6 Å². The monoisotopic (exact) mass is 271 g/mol. The normalized spacial score (nSPS) is 10.6. The zero-order valence-electron chi connectivity index (χ0n) is 12.0. The molecule has 0 unspecified atom stereocenters. The van der Waals surface area contributed by atoms with E-state index >= 15 is 0 Å². The summed E-state index contributed by atoms with van der Waals surface area (Å²) in [5, 5.41) is 1.27. The molecule has 0 atom stereocenters. The number of hydrogen-bond acceptors (Lipinski definition) is 1.